The first-order valence-electron chi connectivity index (χ1n) is 8.52. The van der Waals surface area contributed by atoms with Crippen LogP contribution in [0.3, 0.4) is 0 Å². The number of anilines is 2. The van der Waals surface area contributed by atoms with Crippen molar-refractivity contribution in [2.75, 3.05) is 18.1 Å². The summed E-state index contributed by atoms with van der Waals surface area (Å²) >= 11 is 6.54. The lowest BCUT2D eigenvalue weighted by Crippen LogP contribution is -2.34. The normalized spacial score (nSPS) is 10.3. The molecule has 2 aromatic carbocycles. The molecule has 0 aliphatic rings. The Bertz CT molecular complexity index is 711. The van der Waals surface area contributed by atoms with Gasteiger partial charge >= 0.3 is 11.9 Å². The van der Waals surface area contributed by atoms with Crippen molar-refractivity contribution in [1.29, 1.82) is 0 Å². The molecule has 2 rings (SSSR count). The van der Waals surface area contributed by atoms with Crippen LogP contribution >= 0.6 is 24.0 Å². The standard InChI is InChI=1S/C20H21NO4S2/c1-3-24-18(22)17(19(23)25-4-2)27-20(26)21(15-11-7-5-8-12-15)16-13-9-6-10-14-16/h5-14,17H,3-4H2,1-2H3. The van der Waals surface area contributed by atoms with Crippen molar-refractivity contribution < 1.29 is 19.1 Å². The minimum Gasteiger partial charge on any atom is -0.465 e. The SMILES string of the molecule is CCOC(=O)C(SC(=S)N(c1ccccc1)c1ccccc1)C(=O)OCC. The zero-order valence-electron chi connectivity index (χ0n) is 15.2. The molecule has 0 heterocycles. The van der Waals surface area contributed by atoms with E-state index in [-0.39, 0.29) is 13.2 Å². The third-order valence-electron chi connectivity index (χ3n) is 3.43. The first-order valence-corrected chi connectivity index (χ1v) is 9.81. The van der Waals surface area contributed by atoms with Gasteiger partial charge in [0.2, 0.25) is 5.25 Å². The Morgan fingerprint density at radius 2 is 1.30 bits per heavy atom. The Morgan fingerprint density at radius 1 is 0.889 bits per heavy atom. The smallest absolute Gasteiger partial charge is 0.331 e. The highest BCUT2D eigenvalue weighted by Crippen LogP contribution is 2.31. The number of thioether (sulfide) groups is 1. The van der Waals surface area contributed by atoms with Crippen LogP contribution in [-0.4, -0.2) is 34.7 Å². The second kappa shape index (κ2) is 10.7. The van der Waals surface area contributed by atoms with Crippen LogP contribution in [0.1, 0.15) is 13.8 Å². The number of esters is 2. The highest BCUT2D eigenvalue weighted by atomic mass is 32.2. The highest BCUT2D eigenvalue weighted by molar-refractivity contribution is 8.24. The molecule has 27 heavy (non-hydrogen) atoms. The predicted octanol–water partition coefficient (Wildman–Crippen LogP) is 4.34. The van der Waals surface area contributed by atoms with Crippen molar-refractivity contribution in [2.45, 2.75) is 19.1 Å². The number of carbonyl (C=O) groups excluding carboxylic acids is 2. The Kier molecular flexibility index (Phi) is 8.29. The van der Waals surface area contributed by atoms with Crippen molar-refractivity contribution in [1.82, 2.24) is 0 Å². The van der Waals surface area contributed by atoms with Crippen molar-refractivity contribution >= 4 is 51.6 Å². The lowest BCUT2D eigenvalue weighted by atomic mass is 10.2. The first-order chi connectivity index (χ1) is 13.1. The summed E-state index contributed by atoms with van der Waals surface area (Å²) in [4.78, 5) is 26.3. The van der Waals surface area contributed by atoms with Gasteiger partial charge in [-0.1, -0.05) is 60.4 Å². The highest BCUT2D eigenvalue weighted by Gasteiger charge is 2.33. The van der Waals surface area contributed by atoms with Gasteiger partial charge in [-0.15, -0.1) is 0 Å². The fourth-order valence-electron chi connectivity index (χ4n) is 2.30. The fraction of sp³-hybridized carbons (Fsp3) is 0.250. The van der Waals surface area contributed by atoms with Gasteiger partial charge in [0.1, 0.15) is 4.32 Å². The molecule has 0 radical (unpaired) electrons. The Labute approximate surface area is 168 Å². The second-order valence-corrected chi connectivity index (χ2v) is 7.01. The van der Waals surface area contributed by atoms with Crippen LogP contribution in [0.5, 0.6) is 0 Å². The van der Waals surface area contributed by atoms with Gasteiger partial charge in [0, 0.05) is 11.4 Å². The Morgan fingerprint density at radius 3 is 1.67 bits per heavy atom. The number of carbonyl (C=O) groups is 2. The topological polar surface area (TPSA) is 55.8 Å². The van der Waals surface area contributed by atoms with E-state index in [9.17, 15) is 9.59 Å². The van der Waals surface area contributed by atoms with Crippen molar-refractivity contribution in [3.63, 3.8) is 0 Å². The van der Waals surface area contributed by atoms with Crippen molar-refractivity contribution in [3.05, 3.63) is 60.7 Å². The van der Waals surface area contributed by atoms with Crippen LogP contribution in [0.25, 0.3) is 0 Å². The average molecular weight is 404 g/mol. The van der Waals surface area contributed by atoms with Gasteiger partial charge in [-0.05, 0) is 38.1 Å². The number of ether oxygens (including phenoxy) is 2. The number of para-hydroxylation sites is 2. The number of nitrogens with zero attached hydrogens (tertiary/aromatic N) is 1. The van der Waals surface area contributed by atoms with Crippen LogP contribution in [-0.2, 0) is 19.1 Å². The van der Waals surface area contributed by atoms with Gasteiger partial charge < -0.3 is 9.47 Å². The van der Waals surface area contributed by atoms with Crippen LogP contribution < -0.4 is 4.90 Å². The average Bonchev–Trinajstić information content (AvgIpc) is 2.68. The first kappa shape index (κ1) is 20.9. The van der Waals surface area contributed by atoms with Gasteiger partial charge in [-0.2, -0.15) is 0 Å². The van der Waals surface area contributed by atoms with Gasteiger partial charge in [0.15, 0.2) is 0 Å². The fourth-order valence-corrected chi connectivity index (χ4v) is 3.64. The van der Waals surface area contributed by atoms with Crippen LogP contribution in [0, 0.1) is 0 Å². The van der Waals surface area contributed by atoms with Gasteiger partial charge in [-0.3, -0.25) is 14.5 Å². The summed E-state index contributed by atoms with van der Waals surface area (Å²) in [6, 6.07) is 19.0. The molecule has 0 spiro atoms. The molecule has 0 aromatic heterocycles. The minimum absolute atomic E-state index is 0.170. The van der Waals surface area contributed by atoms with Gasteiger partial charge in [-0.25, -0.2) is 0 Å². The summed E-state index contributed by atoms with van der Waals surface area (Å²) in [6.45, 7) is 3.71. The van der Waals surface area contributed by atoms with E-state index in [4.69, 9.17) is 21.7 Å². The molecule has 0 unspecified atom stereocenters. The maximum atomic E-state index is 12.3. The van der Waals surface area contributed by atoms with Crippen LogP contribution in [0.2, 0.25) is 0 Å². The molecular formula is C20H21NO4S2. The minimum atomic E-state index is -1.17. The van der Waals surface area contributed by atoms with E-state index in [1.807, 2.05) is 65.6 Å². The van der Waals surface area contributed by atoms with Gasteiger partial charge in [0.25, 0.3) is 0 Å². The van der Waals surface area contributed by atoms with Crippen molar-refractivity contribution in [2.24, 2.45) is 0 Å². The van der Waals surface area contributed by atoms with E-state index in [1.54, 1.807) is 13.8 Å². The van der Waals surface area contributed by atoms with Gasteiger partial charge in [0.05, 0.1) is 13.2 Å². The number of hydrogen-bond donors (Lipinski definition) is 0. The van der Waals surface area contributed by atoms with E-state index in [0.717, 1.165) is 23.1 Å². The van der Waals surface area contributed by atoms with E-state index in [1.165, 1.54) is 0 Å². The summed E-state index contributed by atoms with van der Waals surface area (Å²) in [7, 11) is 0. The van der Waals surface area contributed by atoms with Crippen molar-refractivity contribution in [3.8, 4) is 0 Å². The molecule has 142 valence electrons. The predicted molar refractivity (Wildman–Crippen MR) is 112 cm³/mol. The maximum Gasteiger partial charge on any atom is 0.331 e. The Balaban J connectivity index is 2.33. The molecule has 0 amide bonds. The summed E-state index contributed by atoms with van der Waals surface area (Å²) in [5, 5.41) is -1.17. The zero-order valence-corrected chi connectivity index (χ0v) is 16.8. The lowest BCUT2D eigenvalue weighted by Gasteiger charge is -2.26. The quantitative estimate of drug-likeness (QED) is 0.387. The molecule has 0 bridgehead atoms. The molecule has 0 atom stereocenters. The molecule has 0 N–H and O–H groups in total. The molecule has 0 fully saturated rings. The number of benzene rings is 2. The molecule has 2 aromatic rings. The maximum absolute atomic E-state index is 12.3. The molecule has 5 nitrogen and oxygen atoms in total. The number of hydrogen-bond acceptors (Lipinski definition) is 6. The number of thiocarbonyl (C=S) groups is 1. The van der Waals surface area contributed by atoms with E-state index >= 15 is 0 Å². The summed E-state index contributed by atoms with van der Waals surface area (Å²) in [6.07, 6.45) is 0. The lowest BCUT2D eigenvalue weighted by molar-refractivity contribution is -0.152. The molecule has 0 aliphatic carbocycles. The van der Waals surface area contributed by atoms with E-state index < -0.39 is 17.2 Å². The summed E-state index contributed by atoms with van der Waals surface area (Å²) in [5.41, 5.74) is 1.65. The monoisotopic (exact) mass is 403 g/mol. The molecule has 0 aliphatic heterocycles. The van der Waals surface area contributed by atoms with E-state index in [0.29, 0.717) is 4.32 Å². The number of rotatable bonds is 7. The third kappa shape index (κ3) is 5.80. The summed E-state index contributed by atoms with van der Waals surface area (Å²) < 4.78 is 10.4. The van der Waals surface area contributed by atoms with Crippen LogP contribution in [0.4, 0.5) is 11.4 Å². The Hall–Kier alpha value is -2.38. The third-order valence-corrected chi connectivity index (χ3v) is 4.91. The molecule has 7 heteroatoms. The van der Waals surface area contributed by atoms with E-state index in [2.05, 4.69) is 0 Å². The second-order valence-electron chi connectivity index (χ2n) is 5.27. The van der Waals surface area contributed by atoms with Crippen LogP contribution in [0.15, 0.2) is 60.7 Å². The molecular weight excluding hydrogens is 382 g/mol. The largest absolute Gasteiger partial charge is 0.465 e. The molecule has 0 saturated carbocycles. The molecule has 0 saturated heterocycles. The summed E-state index contributed by atoms with van der Waals surface area (Å²) in [5.74, 6) is -1.33. The zero-order chi connectivity index (χ0) is 19.6.